The lowest BCUT2D eigenvalue weighted by molar-refractivity contribution is 0.101. The molecule has 172 valence electrons. The van der Waals surface area contributed by atoms with E-state index < -0.39 is 10.1 Å². The van der Waals surface area contributed by atoms with Gasteiger partial charge in [-0.15, -0.1) is 0 Å². The number of fused-ring (bicyclic) bond motifs is 2. The first-order valence-electron chi connectivity index (χ1n) is 10.5. The Morgan fingerprint density at radius 2 is 1.79 bits per heavy atom. The van der Waals surface area contributed by atoms with Crippen LogP contribution in [-0.2, 0) is 17.2 Å². The zero-order valence-electron chi connectivity index (χ0n) is 18.7. The van der Waals surface area contributed by atoms with E-state index in [0.29, 0.717) is 16.9 Å². The molecule has 0 aliphatic carbocycles. The van der Waals surface area contributed by atoms with Crippen LogP contribution in [0, 0.1) is 6.92 Å². The Kier molecular flexibility index (Phi) is 5.17. The molecule has 2 heterocycles. The van der Waals surface area contributed by atoms with Crippen LogP contribution in [0.5, 0.6) is 17.2 Å². The van der Waals surface area contributed by atoms with Gasteiger partial charge in [0.15, 0.2) is 5.76 Å². The van der Waals surface area contributed by atoms with E-state index in [2.05, 4.69) is 0 Å². The highest BCUT2D eigenvalue weighted by Gasteiger charge is 2.31. The van der Waals surface area contributed by atoms with E-state index in [1.807, 2.05) is 36.0 Å². The molecule has 0 unspecified atom stereocenters. The standard InChI is InChI=1S/C26H21NO6S/c1-16-23(33-34(29,30)19-7-5-4-6-8-19)12-10-20-25(28)24(32-26(16)20)13-17-15-27(2)22-11-9-18(31-3)14-21(17)22/h4-15H,1-3H3. The van der Waals surface area contributed by atoms with Crippen molar-refractivity contribution < 1.29 is 26.9 Å². The zero-order chi connectivity index (χ0) is 24.0. The molecule has 0 atom stereocenters. The Labute approximate surface area is 196 Å². The number of carbonyl (C=O) groups excluding carboxylic acids is 1. The molecule has 0 saturated carbocycles. The highest BCUT2D eigenvalue weighted by molar-refractivity contribution is 7.87. The monoisotopic (exact) mass is 475 g/mol. The van der Waals surface area contributed by atoms with E-state index >= 15 is 0 Å². The number of nitrogens with zero attached hydrogens (tertiary/aromatic N) is 1. The predicted octanol–water partition coefficient (Wildman–Crippen LogP) is 4.88. The lowest BCUT2D eigenvalue weighted by Crippen LogP contribution is -2.10. The second-order valence-corrected chi connectivity index (χ2v) is 9.48. The molecule has 1 aliphatic rings. The molecular formula is C26H21NO6S. The first-order chi connectivity index (χ1) is 16.3. The second kappa shape index (κ2) is 8.07. The number of methoxy groups -OCH3 is 1. The van der Waals surface area contributed by atoms with E-state index in [1.165, 1.54) is 24.3 Å². The third-order valence-electron chi connectivity index (χ3n) is 5.78. The first kappa shape index (κ1) is 21.8. The summed E-state index contributed by atoms with van der Waals surface area (Å²) in [5.74, 6) is 0.964. The number of aromatic nitrogens is 1. The van der Waals surface area contributed by atoms with Gasteiger partial charge in [-0.05, 0) is 55.5 Å². The molecule has 8 heteroatoms. The molecule has 0 saturated heterocycles. The molecule has 0 N–H and O–H groups in total. The van der Waals surface area contributed by atoms with Crippen LogP contribution in [-0.4, -0.2) is 25.9 Å². The minimum Gasteiger partial charge on any atom is -0.497 e. The maximum atomic E-state index is 13.1. The van der Waals surface area contributed by atoms with Crippen LogP contribution in [0.2, 0.25) is 0 Å². The van der Waals surface area contributed by atoms with E-state index in [0.717, 1.165) is 16.5 Å². The largest absolute Gasteiger partial charge is 0.497 e. The van der Waals surface area contributed by atoms with Crippen LogP contribution in [0.4, 0.5) is 0 Å². The SMILES string of the molecule is COc1ccc2c(c1)c(C=C1Oc3c(ccc(OS(=O)(=O)c4ccccc4)c3C)C1=O)cn2C. The van der Waals surface area contributed by atoms with Gasteiger partial charge in [0, 0.05) is 35.3 Å². The van der Waals surface area contributed by atoms with E-state index in [9.17, 15) is 13.2 Å². The van der Waals surface area contributed by atoms with Gasteiger partial charge in [-0.2, -0.15) is 8.42 Å². The van der Waals surface area contributed by atoms with Crippen molar-refractivity contribution in [2.75, 3.05) is 7.11 Å². The summed E-state index contributed by atoms with van der Waals surface area (Å²) in [6.45, 7) is 1.66. The number of allylic oxidation sites excluding steroid dienone is 1. The summed E-state index contributed by atoms with van der Waals surface area (Å²) in [4.78, 5) is 13.1. The third-order valence-corrected chi connectivity index (χ3v) is 7.03. The molecular weight excluding hydrogens is 454 g/mol. The minimum absolute atomic E-state index is 0.0406. The molecule has 3 aromatic carbocycles. The van der Waals surface area contributed by atoms with Crippen molar-refractivity contribution in [1.82, 2.24) is 4.57 Å². The van der Waals surface area contributed by atoms with E-state index in [4.69, 9.17) is 13.7 Å². The summed E-state index contributed by atoms with van der Waals surface area (Å²) in [5.41, 5.74) is 2.56. The lowest BCUT2D eigenvalue weighted by atomic mass is 10.1. The average molecular weight is 476 g/mol. The highest BCUT2D eigenvalue weighted by atomic mass is 32.2. The summed E-state index contributed by atoms with van der Waals surface area (Å²) in [5, 5.41) is 0.913. The molecule has 0 radical (unpaired) electrons. The molecule has 0 bridgehead atoms. The van der Waals surface area contributed by atoms with Crippen molar-refractivity contribution in [1.29, 1.82) is 0 Å². The van der Waals surface area contributed by atoms with Crippen molar-refractivity contribution >= 4 is 32.9 Å². The Balaban J connectivity index is 1.51. The number of benzene rings is 3. The molecule has 7 nitrogen and oxygen atoms in total. The van der Waals surface area contributed by atoms with Gasteiger partial charge in [0.2, 0.25) is 5.78 Å². The van der Waals surface area contributed by atoms with Crippen LogP contribution in [0.25, 0.3) is 17.0 Å². The second-order valence-electron chi connectivity index (χ2n) is 7.93. The van der Waals surface area contributed by atoms with Gasteiger partial charge in [-0.1, -0.05) is 18.2 Å². The molecule has 0 fully saturated rings. The molecule has 4 aromatic rings. The zero-order valence-corrected chi connectivity index (χ0v) is 19.5. The summed E-state index contributed by atoms with van der Waals surface area (Å²) in [6.07, 6.45) is 3.59. The van der Waals surface area contributed by atoms with Crippen molar-refractivity contribution in [2.45, 2.75) is 11.8 Å². The van der Waals surface area contributed by atoms with E-state index in [1.54, 1.807) is 38.3 Å². The van der Waals surface area contributed by atoms with E-state index in [-0.39, 0.29) is 27.9 Å². The number of carbonyl (C=O) groups is 1. The normalized spacial score (nSPS) is 14.3. The van der Waals surface area contributed by atoms with Gasteiger partial charge in [-0.25, -0.2) is 0 Å². The highest BCUT2D eigenvalue weighted by Crippen LogP contribution is 2.40. The Morgan fingerprint density at radius 3 is 2.53 bits per heavy atom. The van der Waals surface area contributed by atoms with Crippen LogP contribution in [0.3, 0.4) is 0 Å². The van der Waals surface area contributed by atoms with Crippen molar-refractivity contribution in [3.8, 4) is 17.2 Å². The van der Waals surface area contributed by atoms with Gasteiger partial charge < -0.3 is 18.2 Å². The quantitative estimate of drug-likeness (QED) is 0.302. The minimum atomic E-state index is -4.03. The lowest BCUT2D eigenvalue weighted by Gasteiger charge is -2.11. The molecule has 0 amide bonds. The first-order valence-corrected chi connectivity index (χ1v) is 11.9. The average Bonchev–Trinajstić information content (AvgIpc) is 3.32. The summed E-state index contributed by atoms with van der Waals surface area (Å²) in [7, 11) is -0.506. The smallest absolute Gasteiger partial charge is 0.339 e. The van der Waals surface area contributed by atoms with Crippen LogP contribution in [0.1, 0.15) is 21.5 Å². The molecule has 34 heavy (non-hydrogen) atoms. The van der Waals surface area contributed by atoms with Gasteiger partial charge >= 0.3 is 10.1 Å². The van der Waals surface area contributed by atoms with Crippen LogP contribution in [0.15, 0.2) is 77.5 Å². The number of rotatable bonds is 5. The summed E-state index contributed by atoms with van der Waals surface area (Å²) in [6, 6.07) is 16.6. The number of ether oxygens (including phenoxy) is 2. The maximum absolute atomic E-state index is 13.1. The third kappa shape index (κ3) is 3.62. The van der Waals surface area contributed by atoms with Crippen LogP contribution >= 0.6 is 0 Å². The van der Waals surface area contributed by atoms with Gasteiger partial charge in [-0.3, -0.25) is 4.79 Å². The Bertz CT molecular complexity index is 1580. The maximum Gasteiger partial charge on any atom is 0.339 e. The number of ketones is 1. The Hall–Kier alpha value is -4.04. The summed E-state index contributed by atoms with van der Waals surface area (Å²) >= 11 is 0. The van der Waals surface area contributed by atoms with Crippen molar-refractivity contribution in [3.63, 3.8) is 0 Å². The fourth-order valence-corrected chi connectivity index (χ4v) is 5.00. The van der Waals surface area contributed by atoms with Gasteiger partial charge in [0.25, 0.3) is 0 Å². The number of Topliss-reactive ketones (excluding diaryl/α,β-unsaturated/α-hetero) is 1. The molecule has 5 rings (SSSR count). The molecule has 0 spiro atoms. The fraction of sp³-hybridized carbons (Fsp3) is 0.115. The molecule has 1 aliphatic heterocycles. The Morgan fingerprint density at radius 1 is 1.03 bits per heavy atom. The predicted molar refractivity (Wildman–Crippen MR) is 128 cm³/mol. The van der Waals surface area contributed by atoms with Crippen LogP contribution < -0.4 is 13.7 Å². The number of hydrogen-bond donors (Lipinski definition) is 0. The topological polar surface area (TPSA) is 83.8 Å². The fourth-order valence-electron chi connectivity index (χ4n) is 4.00. The molecule has 1 aromatic heterocycles. The van der Waals surface area contributed by atoms with Crippen molar-refractivity contribution in [2.24, 2.45) is 7.05 Å². The van der Waals surface area contributed by atoms with Crippen molar-refractivity contribution in [3.05, 3.63) is 89.3 Å². The number of aryl methyl sites for hydroxylation is 1. The summed E-state index contributed by atoms with van der Waals surface area (Å²) < 4.78 is 43.9. The van der Waals surface area contributed by atoms with Gasteiger partial charge in [0.05, 0.1) is 12.7 Å². The van der Waals surface area contributed by atoms with Gasteiger partial charge in [0.1, 0.15) is 22.1 Å². The number of hydrogen-bond acceptors (Lipinski definition) is 6.